The van der Waals surface area contributed by atoms with Gasteiger partial charge in [0.25, 0.3) is 5.91 Å². The third kappa shape index (κ3) is 6.20. The monoisotopic (exact) mass is 411 g/mol. The molecule has 2 N–H and O–H groups in total. The molecule has 30 heavy (non-hydrogen) atoms. The Kier molecular flexibility index (Phi) is 7.69. The summed E-state index contributed by atoms with van der Waals surface area (Å²) in [4.78, 5) is 27.4. The first-order valence-corrected chi connectivity index (χ1v) is 10.8. The van der Waals surface area contributed by atoms with Crippen LogP contribution in [0, 0.1) is 11.8 Å². The number of furan rings is 1. The highest BCUT2D eigenvalue weighted by molar-refractivity contribution is 5.95. The molecule has 2 aromatic rings. The van der Waals surface area contributed by atoms with Gasteiger partial charge in [-0.2, -0.15) is 0 Å². The third-order valence-electron chi connectivity index (χ3n) is 5.75. The number of amides is 2. The molecule has 1 unspecified atom stereocenters. The molecule has 0 bridgehead atoms. The van der Waals surface area contributed by atoms with Gasteiger partial charge in [0.1, 0.15) is 6.04 Å². The number of hydrogen-bond donors (Lipinski definition) is 2. The average Bonchev–Trinajstić information content (AvgIpc) is 3.27. The smallest absolute Gasteiger partial charge is 0.287 e. The molecule has 6 nitrogen and oxygen atoms in total. The Morgan fingerprint density at radius 1 is 1.10 bits per heavy atom. The zero-order valence-electron chi connectivity index (χ0n) is 18.2. The molecule has 1 atom stereocenters. The second kappa shape index (κ2) is 10.4. The molecule has 2 heterocycles. The molecule has 6 heteroatoms. The molecule has 0 spiro atoms. The van der Waals surface area contributed by atoms with Crippen LogP contribution >= 0.6 is 0 Å². The van der Waals surface area contributed by atoms with Gasteiger partial charge < -0.3 is 15.1 Å². The summed E-state index contributed by atoms with van der Waals surface area (Å²) in [7, 11) is 0. The third-order valence-corrected chi connectivity index (χ3v) is 5.75. The number of nitrogens with one attached hydrogen (secondary N) is 2. The minimum atomic E-state index is -0.622. The number of carbonyl (C=O) groups excluding carboxylic acids is 2. The van der Waals surface area contributed by atoms with E-state index in [1.54, 1.807) is 12.1 Å². The maximum absolute atomic E-state index is 12.7. The number of benzene rings is 1. The van der Waals surface area contributed by atoms with Crippen molar-refractivity contribution in [3.63, 3.8) is 0 Å². The first-order valence-electron chi connectivity index (χ1n) is 10.8. The summed E-state index contributed by atoms with van der Waals surface area (Å²) in [5, 5.41) is 5.70. The summed E-state index contributed by atoms with van der Waals surface area (Å²) in [5.74, 6) is 0.415. The Bertz CT molecular complexity index is 807. The van der Waals surface area contributed by atoms with Crippen LogP contribution < -0.4 is 10.6 Å². The number of rotatable bonds is 8. The van der Waals surface area contributed by atoms with Gasteiger partial charge >= 0.3 is 0 Å². The van der Waals surface area contributed by atoms with Gasteiger partial charge in [-0.15, -0.1) is 0 Å². The van der Waals surface area contributed by atoms with Crippen molar-refractivity contribution in [2.75, 3.05) is 13.1 Å². The molecule has 0 saturated carbocycles. The molecule has 1 aliphatic heterocycles. The topological polar surface area (TPSA) is 74.6 Å². The molecule has 1 aromatic heterocycles. The van der Waals surface area contributed by atoms with Crippen LogP contribution in [-0.4, -0.2) is 35.8 Å². The second-order valence-electron chi connectivity index (χ2n) is 8.67. The summed E-state index contributed by atoms with van der Waals surface area (Å²) >= 11 is 0. The van der Waals surface area contributed by atoms with Gasteiger partial charge in [0, 0.05) is 13.1 Å². The Morgan fingerprint density at radius 2 is 1.77 bits per heavy atom. The van der Waals surface area contributed by atoms with Crippen molar-refractivity contribution in [2.24, 2.45) is 11.8 Å². The van der Waals surface area contributed by atoms with Crippen LogP contribution in [-0.2, 0) is 17.9 Å². The highest BCUT2D eigenvalue weighted by atomic mass is 16.3. The van der Waals surface area contributed by atoms with Crippen molar-refractivity contribution in [3.05, 3.63) is 59.5 Å². The predicted molar refractivity (Wildman–Crippen MR) is 117 cm³/mol. The highest BCUT2D eigenvalue weighted by Gasteiger charge is 2.25. The van der Waals surface area contributed by atoms with Gasteiger partial charge in [0.2, 0.25) is 5.91 Å². The summed E-state index contributed by atoms with van der Waals surface area (Å²) < 4.78 is 5.11. The molecule has 1 aliphatic rings. The van der Waals surface area contributed by atoms with Crippen molar-refractivity contribution in [3.8, 4) is 0 Å². The van der Waals surface area contributed by atoms with Crippen LogP contribution in [0.2, 0.25) is 0 Å². The Balaban J connectivity index is 1.49. The Labute approximate surface area is 179 Å². The predicted octanol–water partition coefficient (Wildman–Crippen LogP) is 3.58. The molecular formula is C24H33N3O3. The first kappa shape index (κ1) is 22.1. The summed E-state index contributed by atoms with van der Waals surface area (Å²) in [6.07, 6.45) is 3.99. The van der Waals surface area contributed by atoms with Crippen LogP contribution in [0.5, 0.6) is 0 Å². The lowest BCUT2D eigenvalue weighted by Gasteiger charge is -2.30. The zero-order chi connectivity index (χ0) is 21.5. The van der Waals surface area contributed by atoms with Crippen LogP contribution in [0.25, 0.3) is 0 Å². The average molecular weight is 412 g/mol. The van der Waals surface area contributed by atoms with Crippen molar-refractivity contribution in [1.29, 1.82) is 0 Å². The molecule has 0 radical (unpaired) electrons. The molecule has 0 aliphatic carbocycles. The van der Waals surface area contributed by atoms with Crippen molar-refractivity contribution >= 4 is 11.8 Å². The van der Waals surface area contributed by atoms with E-state index in [2.05, 4.69) is 46.7 Å². The van der Waals surface area contributed by atoms with E-state index < -0.39 is 6.04 Å². The molecule has 3 rings (SSSR count). The van der Waals surface area contributed by atoms with E-state index in [1.807, 2.05) is 13.8 Å². The molecule has 162 valence electrons. The van der Waals surface area contributed by atoms with Crippen molar-refractivity contribution < 1.29 is 14.0 Å². The summed E-state index contributed by atoms with van der Waals surface area (Å²) in [5.41, 5.74) is 2.34. The SMILES string of the molecule is CC1CCN(Cc2ccc(CNC(=O)C(NC(=O)c3ccco3)C(C)C)cc2)CC1. The maximum atomic E-state index is 12.7. The molecule has 1 fully saturated rings. The fraction of sp³-hybridized carbons (Fsp3) is 0.500. The van der Waals surface area contributed by atoms with E-state index in [4.69, 9.17) is 4.42 Å². The number of carbonyl (C=O) groups is 2. The van der Waals surface area contributed by atoms with Crippen molar-refractivity contribution in [1.82, 2.24) is 15.5 Å². The van der Waals surface area contributed by atoms with E-state index >= 15 is 0 Å². The number of piperidine rings is 1. The standard InChI is InChI=1S/C24H33N3O3/c1-17(2)22(26-23(28)21-5-4-14-30-21)24(29)25-15-19-6-8-20(9-7-19)16-27-12-10-18(3)11-13-27/h4-9,14,17-18,22H,10-13,15-16H2,1-3H3,(H,25,29)(H,26,28). The van der Waals surface area contributed by atoms with Gasteiger partial charge in [0.15, 0.2) is 5.76 Å². The van der Waals surface area contributed by atoms with Gasteiger partial charge in [-0.05, 0) is 61.0 Å². The van der Waals surface area contributed by atoms with Crippen LogP contribution in [0.1, 0.15) is 55.3 Å². The lowest BCUT2D eigenvalue weighted by atomic mass is 9.99. The van der Waals surface area contributed by atoms with E-state index in [0.717, 1.165) is 18.0 Å². The Morgan fingerprint density at radius 3 is 2.37 bits per heavy atom. The van der Waals surface area contributed by atoms with Crippen molar-refractivity contribution in [2.45, 2.75) is 52.7 Å². The second-order valence-corrected chi connectivity index (χ2v) is 8.67. The molecule has 1 saturated heterocycles. The van der Waals surface area contributed by atoms with Gasteiger partial charge in [-0.3, -0.25) is 14.5 Å². The van der Waals surface area contributed by atoms with Gasteiger partial charge in [-0.25, -0.2) is 0 Å². The first-order chi connectivity index (χ1) is 14.4. The van der Waals surface area contributed by atoms with E-state index in [0.29, 0.717) is 6.54 Å². The number of likely N-dealkylation sites (tertiary alicyclic amines) is 1. The van der Waals surface area contributed by atoms with Crippen LogP contribution in [0.3, 0.4) is 0 Å². The lowest BCUT2D eigenvalue weighted by molar-refractivity contribution is -0.124. The fourth-order valence-electron chi connectivity index (χ4n) is 3.70. The van der Waals surface area contributed by atoms with E-state index in [-0.39, 0.29) is 23.5 Å². The Hall–Kier alpha value is -2.60. The van der Waals surface area contributed by atoms with E-state index in [9.17, 15) is 9.59 Å². The maximum Gasteiger partial charge on any atom is 0.287 e. The van der Waals surface area contributed by atoms with E-state index in [1.165, 1.54) is 37.8 Å². The van der Waals surface area contributed by atoms with Gasteiger partial charge in [-0.1, -0.05) is 45.0 Å². The van der Waals surface area contributed by atoms with Gasteiger partial charge in [0.05, 0.1) is 6.26 Å². The molecular weight excluding hydrogens is 378 g/mol. The zero-order valence-corrected chi connectivity index (χ0v) is 18.2. The van der Waals surface area contributed by atoms with Crippen LogP contribution in [0.15, 0.2) is 47.1 Å². The molecule has 2 amide bonds. The van der Waals surface area contributed by atoms with Crippen LogP contribution in [0.4, 0.5) is 0 Å². The fourth-order valence-corrected chi connectivity index (χ4v) is 3.70. The minimum absolute atomic E-state index is 0.0430. The largest absolute Gasteiger partial charge is 0.459 e. The number of nitrogens with zero attached hydrogens (tertiary/aromatic N) is 1. The number of hydrogen-bond acceptors (Lipinski definition) is 4. The lowest BCUT2D eigenvalue weighted by Crippen LogP contribution is -2.49. The quantitative estimate of drug-likeness (QED) is 0.696. The summed E-state index contributed by atoms with van der Waals surface area (Å²) in [6, 6.07) is 11.0. The normalized spacial score (nSPS) is 16.4. The highest BCUT2D eigenvalue weighted by Crippen LogP contribution is 2.18. The minimum Gasteiger partial charge on any atom is -0.459 e. The molecule has 1 aromatic carbocycles. The summed E-state index contributed by atoms with van der Waals surface area (Å²) in [6.45, 7) is 9.88.